The van der Waals surface area contributed by atoms with Gasteiger partial charge in [-0.05, 0) is 30.7 Å². The zero-order valence-corrected chi connectivity index (χ0v) is 15.0. The van der Waals surface area contributed by atoms with Crippen molar-refractivity contribution >= 4 is 45.9 Å². The van der Waals surface area contributed by atoms with Gasteiger partial charge in [-0.25, -0.2) is 4.98 Å². The number of amides is 1. The van der Waals surface area contributed by atoms with Crippen LogP contribution >= 0.6 is 23.4 Å². The molecule has 0 radical (unpaired) electrons. The quantitative estimate of drug-likeness (QED) is 0.672. The van der Waals surface area contributed by atoms with Gasteiger partial charge in [-0.2, -0.15) is 5.26 Å². The third-order valence-electron chi connectivity index (χ3n) is 3.62. The molecule has 0 bridgehead atoms. The normalized spacial score (nSPS) is 10.4. The maximum Gasteiger partial charge on any atom is 0.234 e. The number of anilines is 1. The number of carbonyl (C=O) groups excluding carboxylic acids is 1. The molecule has 2 aromatic carbocycles. The lowest BCUT2D eigenvalue weighted by Crippen LogP contribution is -2.14. The second-order valence-corrected chi connectivity index (χ2v) is 6.79. The van der Waals surface area contributed by atoms with Gasteiger partial charge in [-0.15, -0.1) is 0 Å². The summed E-state index contributed by atoms with van der Waals surface area (Å²) in [7, 11) is 0. The molecule has 3 aromatic rings. The minimum atomic E-state index is -0.200. The second kappa shape index (κ2) is 7.56. The Labute approximate surface area is 154 Å². The molecular weight excluding hydrogens is 354 g/mol. The number of para-hydroxylation sites is 2. The van der Waals surface area contributed by atoms with Gasteiger partial charge in [0, 0.05) is 5.39 Å². The fourth-order valence-corrected chi connectivity index (χ4v) is 3.34. The number of aryl methyl sites for hydroxylation is 1. The van der Waals surface area contributed by atoms with E-state index in [1.54, 1.807) is 24.3 Å². The summed E-state index contributed by atoms with van der Waals surface area (Å²) in [6.45, 7) is 1.97. The van der Waals surface area contributed by atoms with E-state index in [1.165, 1.54) is 11.8 Å². The molecule has 1 amide bonds. The number of halogens is 1. The summed E-state index contributed by atoms with van der Waals surface area (Å²) in [6.07, 6.45) is 0. The lowest BCUT2D eigenvalue weighted by molar-refractivity contribution is -0.113. The van der Waals surface area contributed by atoms with Crippen molar-refractivity contribution in [2.75, 3.05) is 11.1 Å². The summed E-state index contributed by atoms with van der Waals surface area (Å²) in [5, 5.41) is 14.1. The number of aromatic nitrogens is 1. The minimum absolute atomic E-state index is 0.143. The van der Waals surface area contributed by atoms with E-state index in [1.807, 2.05) is 31.2 Å². The van der Waals surface area contributed by atoms with Crippen molar-refractivity contribution in [3.8, 4) is 6.07 Å². The molecule has 0 unspecified atom stereocenters. The number of pyridine rings is 1. The van der Waals surface area contributed by atoms with Crippen molar-refractivity contribution in [2.45, 2.75) is 11.9 Å². The molecular formula is C19H14ClN3OS. The number of nitrogens with zero attached hydrogens (tertiary/aromatic N) is 2. The molecule has 0 saturated heterocycles. The number of fused-ring (bicyclic) bond motifs is 1. The third-order valence-corrected chi connectivity index (χ3v) is 4.94. The van der Waals surface area contributed by atoms with Gasteiger partial charge in [-0.3, -0.25) is 4.79 Å². The van der Waals surface area contributed by atoms with Crippen LogP contribution < -0.4 is 5.32 Å². The largest absolute Gasteiger partial charge is 0.324 e. The highest BCUT2D eigenvalue weighted by molar-refractivity contribution is 8.00. The highest BCUT2D eigenvalue weighted by Crippen LogP contribution is 2.27. The molecule has 1 heterocycles. The van der Waals surface area contributed by atoms with Gasteiger partial charge in [0.05, 0.1) is 27.5 Å². The lowest BCUT2D eigenvalue weighted by atomic mass is 10.1. The number of carbonyl (C=O) groups is 1. The second-order valence-electron chi connectivity index (χ2n) is 5.42. The summed E-state index contributed by atoms with van der Waals surface area (Å²) >= 11 is 7.28. The van der Waals surface area contributed by atoms with Crippen molar-refractivity contribution in [2.24, 2.45) is 0 Å². The third kappa shape index (κ3) is 3.93. The van der Waals surface area contributed by atoms with E-state index < -0.39 is 0 Å². The molecule has 25 heavy (non-hydrogen) atoms. The number of nitrogens with one attached hydrogen (secondary N) is 1. The number of benzene rings is 2. The average Bonchev–Trinajstić information content (AvgIpc) is 2.61. The summed E-state index contributed by atoms with van der Waals surface area (Å²) in [4.78, 5) is 16.7. The van der Waals surface area contributed by atoms with E-state index in [0.29, 0.717) is 21.3 Å². The Hall–Kier alpha value is -2.55. The van der Waals surface area contributed by atoms with Crippen molar-refractivity contribution < 1.29 is 4.79 Å². The Kier molecular flexibility index (Phi) is 5.22. The first-order chi connectivity index (χ1) is 12.1. The van der Waals surface area contributed by atoms with Crippen molar-refractivity contribution in [3.05, 3.63) is 64.7 Å². The molecule has 3 rings (SSSR count). The molecule has 0 saturated carbocycles. The van der Waals surface area contributed by atoms with E-state index in [-0.39, 0.29) is 11.7 Å². The maximum atomic E-state index is 12.2. The summed E-state index contributed by atoms with van der Waals surface area (Å²) in [5.41, 5.74) is 2.91. The highest BCUT2D eigenvalue weighted by atomic mass is 35.5. The fraction of sp³-hybridized carbons (Fsp3) is 0.105. The minimum Gasteiger partial charge on any atom is -0.324 e. The van der Waals surface area contributed by atoms with Gasteiger partial charge in [-0.1, -0.05) is 53.7 Å². The molecule has 1 N–H and O–H groups in total. The molecule has 1 aromatic heterocycles. The van der Waals surface area contributed by atoms with Crippen LogP contribution in [0, 0.1) is 18.3 Å². The predicted octanol–water partition coefficient (Wildman–Crippen LogP) is 4.80. The molecule has 0 aliphatic carbocycles. The standard InChI is InChI=1S/C19H14ClN3OS/c1-12-5-4-6-13-9-14(10-21)19(23-18(12)13)25-11-17(24)22-16-8-3-2-7-15(16)20/h2-9H,11H2,1H3,(H,22,24). The van der Waals surface area contributed by atoms with Crippen LogP contribution in [-0.2, 0) is 4.79 Å². The molecule has 0 aliphatic rings. The summed E-state index contributed by atoms with van der Waals surface area (Å²) in [5.74, 6) is -0.0572. The predicted molar refractivity (Wildman–Crippen MR) is 102 cm³/mol. The van der Waals surface area contributed by atoms with Crippen molar-refractivity contribution in [1.29, 1.82) is 5.26 Å². The SMILES string of the molecule is Cc1cccc2cc(C#N)c(SCC(=O)Nc3ccccc3Cl)nc12. The van der Waals surface area contributed by atoms with Crippen LogP contribution in [0.25, 0.3) is 10.9 Å². The molecule has 0 fully saturated rings. The van der Waals surface area contributed by atoms with Crippen LogP contribution in [-0.4, -0.2) is 16.6 Å². The fourth-order valence-electron chi connectivity index (χ4n) is 2.40. The van der Waals surface area contributed by atoms with E-state index in [9.17, 15) is 10.1 Å². The molecule has 4 nitrogen and oxygen atoms in total. The zero-order chi connectivity index (χ0) is 17.8. The Morgan fingerprint density at radius 2 is 2.08 bits per heavy atom. The Morgan fingerprint density at radius 3 is 2.84 bits per heavy atom. The van der Waals surface area contributed by atoms with Crippen molar-refractivity contribution in [1.82, 2.24) is 4.98 Å². The van der Waals surface area contributed by atoms with Gasteiger partial charge in [0.25, 0.3) is 0 Å². The van der Waals surface area contributed by atoms with Gasteiger partial charge in [0.1, 0.15) is 11.1 Å². The Morgan fingerprint density at radius 1 is 1.28 bits per heavy atom. The van der Waals surface area contributed by atoms with Gasteiger partial charge < -0.3 is 5.32 Å². The molecule has 0 atom stereocenters. The van der Waals surface area contributed by atoms with E-state index in [4.69, 9.17) is 11.6 Å². The Bertz CT molecular complexity index is 998. The van der Waals surface area contributed by atoms with Crippen LogP contribution in [0.2, 0.25) is 5.02 Å². The van der Waals surface area contributed by atoms with Gasteiger partial charge in [0.15, 0.2) is 0 Å². The summed E-state index contributed by atoms with van der Waals surface area (Å²) < 4.78 is 0. The lowest BCUT2D eigenvalue weighted by Gasteiger charge is -2.09. The number of rotatable bonds is 4. The smallest absolute Gasteiger partial charge is 0.234 e. The van der Waals surface area contributed by atoms with E-state index in [2.05, 4.69) is 16.4 Å². The number of nitriles is 1. The number of hydrogen-bond acceptors (Lipinski definition) is 4. The van der Waals surface area contributed by atoms with Crippen LogP contribution in [0.1, 0.15) is 11.1 Å². The average molecular weight is 368 g/mol. The number of hydrogen-bond donors (Lipinski definition) is 1. The van der Waals surface area contributed by atoms with Gasteiger partial charge in [0.2, 0.25) is 5.91 Å². The topological polar surface area (TPSA) is 65.8 Å². The molecule has 0 aliphatic heterocycles. The first-order valence-electron chi connectivity index (χ1n) is 7.56. The van der Waals surface area contributed by atoms with E-state index >= 15 is 0 Å². The first-order valence-corrected chi connectivity index (χ1v) is 8.92. The van der Waals surface area contributed by atoms with Crippen LogP contribution in [0.3, 0.4) is 0 Å². The number of thioether (sulfide) groups is 1. The zero-order valence-electron chi connectivity index (χ0n) is 13.4. The molecule has 0 spiro atoms. The maximum absolute atomic E-state index is 12.2. The van der Waals surface area contributed by atoms with E-state index in [0.717, 1.165) is 16.5 Å². The monoisotopic (exact) mass is 367 g/mol. The highest BCUT2D eigenvalue weighted by Gasteiger charge is 2.12. The molecule has 124 valence electrons. The Balaban J connectivity index is 1.78. The first kappa shape index (κ1) is 17.3. The summed E-state index contributed by atoms with van der Waals surface area (Å²) in [6, 6.07) is 16.8. The van der Waals surface area contributed by atoms with Crippen molar-refractivity contribution in [3.63, 3.8) is 0 Å². The van der Waals surface area contributed by atoms with Crippen LogP contribution in [0.5, 0.6) is 0 Å². The van der Waals surface area contributed by atoms with Crippen LogP contribution in [0.4, 0.5) is 5.69 Å². The molecule has 6 heteroatoms. The van der Waals surface area contributed by atoms with Crippen LogP contribution in [0.15, 0.2) is 53.6 Å². The van der Waals surface area contributed by atoms with Gasteiger partial charge >= 0.3 is 0 Å².